The summed E-state index contributed by atoms with van der Waals surface area (Å²) in [5, 5.41) is 3.29. The number of ether oxygens (including phenoxy) is 2. The normalized spacial score (nSPS) is 11.5. The first-order valence-electron chi connectivity index (χ1n) is 8.46. The fourth-order valence-electron chi connectivity index (χ4n) is 2.37. The van der Waals surface area contributed by atoms with E-state index < -0.39 is 6.10 Å². The summed E-state index contributed by atoms with van der Waals surface area (Å²) in [6.45, 7) is 5.74. The predicted octanol–water partition coefficient (Wildman–Crippen LogP) is 4.62. The van der Waals surface area contributed by atoms with E-state index in [2.05, 4.69) is 5.32 Å². The molecule has 0 saturated heterocycles. The Kier molecular flexibility index (Phi) is 7.04. The minimum Gasteiger partial charge on any atom is -0.479 e. The Morgan fingerprint density at radius 1 is 1.15 bits per heavy atom. The van der Waals surface area contributed by atoms with Gasteiger partial charge in [-0.25, -0.2) is 4.79 Å². The second kappa shape index (κ2) is 9.25. The summed E-state index contributed by atoms with van der Waals surface area (Å²) in [6.07, 6.45) is -0.198. The van der Waals surface area contributed by atoms with Crippen molar-refractivity contribution in [1.29, 1.82) is 0 Å². The van der Waals surface area contributed by atoms with Crippen molar-refractivity contribution in [1.82, 2.24) is 0 Å². The Labute approximate surface area is 158 Å². The number of hydrogen-bond acceptors (Lipinski definition) is 4. The van der Waals surface area contributed by atoms with Crippen molar-refractivity contribution >= 4 is 29.2 Å². The maximum atomic E-state index is 12.6. The summed E-state index contributed by atoms with van der Waals surface area (Å²) in [5.74, 6) is -0.202. The van der Waals surface area contributed by atoms with Crippen molar-refractivity contribution in [3.05, 3.63) is 58.6 Å². The molecule has 1 N–H and O–H groups in total. The van der Waals surface area contributed by atoms with Gasteiger partial charge in [-0.05, 0) is 56.2 Å². The molecule has 0 aliphatic heterocycles. The van der Waals surface area contributed by atoms with Crippen molar-refractivity contribution < 1.29 is 19.1 Å². The maximum absolute atomic E-state index is 12.6. The lowest BCUT2D eigenvalue weighted by atomic mass is 10.1. The number of para-hydroxylation sites is 1. The van der Waals surface area contributed by atoms with Crippen LogP contribution in [0.4, 0.5) is 5.69 Å². The van der Waals surface area contributed by atoms with Crippen molar-refractivity contribution in [2.45, 2.75) is 33.3 Å². The van der Waals surface area contributed by atoms with Crippen LogP contribution >= 0.6 is 11.6 Å². The van der Waals surface area contributed by atoms with Gasteiger partial charge in [-0.1, -0.05) is 30.7 Å². The lowest BCUT2D eigenvalue weighted by molar-refractivity contribution is -0.122. The molecule has 1 amide bonds. The van der Waals surface area contributed by atoms with Gasteiger partial charge in [-0.15, -0.1) is 0 Å². The number of carbonyl (C=O) groups is 2. The van der Waals surface area contributed by atoms with Gasteiger partial charge in [0.2, 0.25) is 0 Å². The molecule has 0 radical (unpaired) electrons. The molecule has 0 aliphatic carbocycles. The van der Waals surface area contributed by atoms with Gasteiger partial charge in [0.25, 0.3) is 5.91 Å². The summed E-state index contributed by atoms with van der Waals surface area (Å²) >= 11 is 6.09. The van der Waals surface area contributed by atoms with Crippen LogP contribution < -0.4 is 10.1 Å². The standard InChI is InChI=1S/C20H22ClNO4/c1-4-17(26-18-9-7-6-8-15(18)21)19(23)22-16-11-10-14(12-13(16)3)20(24)25-5-2/h6-12,17H,4-5H2,1-3H3,(H,22,23). The maximum Gasteiger partial charge on any atom is 0.338 e. The summed E-state index contributed by atoms with van der Waals surface area (Å²) in [5.41, 5.74) is 1.82. The molecule has 2 aromatic carbocycles. The molecule has 0 bridgehead atoms. The average molecular weight is 376 g/mol. The molecule has 138 valence electrons. The highest BCUT2D eigenvalue weighted by Gasteiger charge is 2.20. The minimum atomic E-state index is -0.681. The Hall–Kier alpha value is -2.53. The molecule has 1 atom stereocenters. The number of halogens is 1. The summed E-state index contributed by atoms with van der Waals surface area (Å²) in [6, 6.07) is 12.0. The smallest absolute Gasteiger partial charge is 0.338 e. The van der Waals surface area contributed by atoms with Crippen LogP contribution in [-0.2, 0) is 9.53 Å². The van der Waals surface area contributed by atoms with Gasteiger partial charge in [0.15, 0.2) is 6.10 Å². The highest BCUT2D eigenvalue weighted by atomic mass is 35.5. The minimum absolute atomic E-state index is 0.278. The highest BCUT2D eigenvalue weighted by molar-refractivity contribution is 6.32. The van der Waals surface area contributed by atoms with Crippen molar-refractivity contribution in [3.8, 4) is 5.75 Å². The van der Waals surface area contributed by atoms with E-state index in [1.165, 1.54) is 0 Å². The van der Waals surface area contributed by atoms with E-state index in [1.54, 1.807) is 49.4 Å². The molecule has 2 rings (SSSR count). The third kappa shape index (κ3) is 4.99. The number of carbonyl (C=O) groups excluding carboxylic acids is 2. The molecule has 6 heteroatoms. The third-order valence-corrected chi connectivity index (χ3v) is 4.08. The number of benzene rings is 2. The van der Waals surface area contributed by atoms with E-state index in [0.29, 0.717) is 35.1 Å². The molecule has 0 aromatic heterocycles. The molecule has 26 heavy (non-hydrogen) atoms. The molecular weight excluding hydrogens is 354 g/mol. The number of esters is 1. The molecule has 5 nitrogen and oxygen atoms in total. The van der Waals surface area contributed by atoms with Crippen molar-refractivity contribution in [3.63, 3.8) is 0 Å². The lowest BCUT2D eigenvalue weighted by Crippen LogP contribution is -2.32. The summed E-state index contributed by atoms with van der Waals surface area (Å²) in [7, 11) is 0. The van der Waals surface area contributed by atoms with Gasteiger partial charge < -0.3 is 14.8 Å². The number of aryl methyl sites for hydroxylation is 1. The van der Waals surface area contributed by atoms with Crippen molar-refractivity contribution in [2.24, 2.45) is 0 Å². The number of nitrogens with one attached hydrogen (secondary N) is 1. The van der Waals surface area contributed by atoms with Crippen molar-refractivity contribution in [2.75, 3.05) is 11.9 Å². The monoisotopic (exact) mass is 375 g/mol. The van der Waals surface area contributed by atoms with Crippen LogP contribution in [0, 0.1) is 6.92 Å². The largest absolute Gasteiger partial charge is 0.479 e. The number of anilines is 1. The Morgan fingerprint density at radius 3 is 2.50 bits per heavy atom. The van der Waals surface area contributed by atoms with Crippen LogP contribution in [0.1, 0.15) is 36.2 Å². The van der Waals surface area contributed by atoms with Crippen LogP contribution in [0.2, 0.25) is 5.02 Å². The molecule has 1 unspecified atom stereocenters. The van der Waals surface area contributed by atoms with Crippen LogP contribution in [0.5, 0.6) is 5.75 Å². The van der Waals surface area contributed by atoms with E-state index in [-0.39, 0.29) is 11.9 Å². The second-order valence-corrected chi connectivity index (χ2v) is 6.09. The third-order valence-electron chi connectivity index (χ3n) is 3.76. The van der Waals surface area contributed by atoms with Crippen LogP contribution in [0.15, 0.2) is 42.5 Å². The molecule has 0 fully saturated rings. The van der Waals surface area contributed by atoms with Gasteiger partial charge in [-0.3, -0.25) is 4.79 Å². The number of rotatable bonds is 7. The SMILES string of the molecule is CCOC(=O)c1ccc(NC(=O)C(CC)Oc2ccccc2Cl)c(C)c1. The van der Waals surface area contributed by atoms with Crippen LogP contribution in [0.3, 0.4) is 0 Å². The predicted molar refractivity (Wildman–Crippen MR) is 102 cm³/mol. The van der Waals surface area contributed by atoms with Gasteiger partial charge in [-0.2, -0.15) is 0 Å². The van der Waals surface area contributed by atoms with Gasteiger partial charge >= 0.3 is 5.97 Å². The van der Waals surface area contributed by atoms with E-state index in [0.717, 1.165) is 5.56 Å². The van der Waals surface area contributed by atoms with Crippen LogP contribution in [0.25, 0.3) is 0 Å². The van der Waals surface area contributed by atoms with E-state index >= 15 is 0 Å². The summed E-state index contributed by atoms with van der Waals surface area (Å²) in [4.78, 5) is 24.3. The van der Waals surface area contributed by atoms with Gasteiger partial charge in [0.05, 0.1) is 17.2 Å². The number of hydrogen-bond donors (Lipinski definition) is 1. The first-order chi connectivity index (χ1) is 12.5. The first-order valence-corrected chi connectivity index (χ1v) is 8.83. The molecule has 2 aromatic rings. The molecule has 0 heterocycles. The Bertz CT molecular complexity index is 791. The quantitative estimate of drug-likeness (QED) is 0.717. The van der Waals surface area contributed by atoms with Gasteiger partial charge in [0, 0.05) is 5.69 Å². The van der Waals surface area contributed by atoms with Gasteiger partial charge in [0.1, 0.15) is 5.75 Å². The number of amides is 1. The molecule has 0 saturated carbocycles. The molecule has 0 aliphatic rings. The molecular formula is C20H22ClNO4. The van der Waals surface area contributed by atoms with E-state index in [9.17, 15) is 9.59 Å². The zero-order chi connectivity index (χ0) is 19.1. The highest BCUT2D eigenvalue weighted by Crippen LogP contribution is 2.25. The second-order valence-electron chi connectivity index (χ2n) is 5.68. The molecule has 0 spiro atoms. The fourth-order valence-corrected chi connectivity index (χ4v) is 2.55. The zero-order valence-corrected chi connectivity index (χ0v) is 15.8. The summed E-state index contributed by atoms with van der Waals surface area (Å²) < 4.78 is 10.7. The topological polar surface area (TPSA) is 64.6 Å². The lowest BCUT2D eigenvalue weighted by Gasteiger charge is -2.19. The fraction of sp³-hybridized carbons (Fsp3) is 0.300. The van der Waals surface area contributed by atoms with E-state index in [1.807, 2.05) is 13.8 Å². The zero-order valence-electron chi connectivity index (χ0n) is 15.0. The first kappa shape index (κ1) is 19.8. The van der Waals surface area contributed by atoms with Crippen LogP contribution in [-0.4, -0.2) is 24.6 Å². The average Bonchev–Trinajstić information content (AvgIpc) is 2.62. The Balaban J connectivity index is 2.10. The Morgan fingerprint density at radius 2 is 1.88 bits per heavy atom. The van der Waals surface area contributed by atoms with E-state index in [4.69, 9.17) is 21.1 Å².